The second-order valence-electron chi connectivity index (χ2n) is 4.52. The highest BCUT2D eigenvalue weighted by Gasteiger charge is 2.25. The minimum Gasteiger partial charge on any atom is -0.354 e. The summed E-state index contributed by atoms with van der Waals surface area (Å²) in [5, 5.41) is 5.03. The van der Waals surface area contributed by atoms with Crippen LogP contribution in [0.1, 0.15) is 23.2 Å². The third-order valence-corrected chi connectivity index (χ3v) is 3.16. The van der Waals surface area contributed by atoms with E-state index in [0.29, 0.717) is 31.2 Å². The van der Waals surface area contributed by atoms with Crippen LogP contribution in [0.2, 0.25) is 0 Å². The maximum Gasteiger partial charge on any atom is 0.269 e. The van der Waals surface area contributed by atoms with E-state index in [0.717, 1.165) is 0 Å². The van der Waals surface area contributed by atoms with E-state index in [1.165, 1.54) is 13.1 Å². The number of nitrogens with zero attached hydrogens (tertiary/aromatic N) is 3. The molecule has 0 saturated heterocycles. The van der Waals surface area contributed by atoms with Crippen molar-refractivity contribution >= 4 is 17.7 Å². The summed E-state index contributed by atoms with van der Waals surface area (Å²) in [6.07, 6.45) is 1.51. The molecule has 0 atom stereocenters. The van der Waals surface area contributed by atoms with Gasteiger partial charge in [0.1, 0.15) is 11.5 Å². The Balaban J connectivity index is 2.05. The summed E-state index contributed by atoms with van der Waals surface area (Å²) < 4.78 is 1.81. The van der Waals surface area contributed by atoms with Gasteiger partial charge in [-0.3, -0.25) is 14.4 Å². The first-order valence-electron chi connectivity index (χ1n) is 6.31. The molecular weight excluding hydrogens is 262 g/mol. The molecule has 0 fully saturated rings. The Bertz CT molecular complexity index is 551. The van der Waals surface area contributed by atoms with Crippen LogP contribution < -0.4 is 10.6 Å². The van der Waals surface area contributed by atoms with Gasteiger partial charge in [0.05, 0.1) is 19.3 Å². The number of fused-ring (bicyclic) bond motifs is 1. The van der Waals surface area contributed by atoms with Crippen molar-refractivity contribution in [1.82, 2.24) is 25.1 Å². The smallest absolute Gasteiger partial charge is 0.269 e. The maximum absolute atomic E-state index is 11.9. The fourth-order valence-electron chi connectivity index (χ4n) is 2.09. The maximum atomic E-state index is 11.9. The zero-order chi connectivity index (χ0) is 14.7. The van der Waals surface area contributed by atoms with Crippen molar-refractivity contribution in [3.63, 3.8) is 0 Å². The predicted octanol–water partition coefficient (Wildman–Crippen LogP) is -1.28. The lowest BCUT2D eigenvalue weighted by atomic mass is 10.3. The zero-order valence-electron chi connectivity index (χ0n) is 11.5. The largest absolute Gasteiger partial charge is 0.354 e. The molecule has 3 amide bonds. The Morgan fingerprint density at radius 2 is 2.10 bits per heavy atom. The van der Waals surface area contributed by atoms with E-state index >= 15 is 0 Å². The first-order valence-corrected chi connectivity index (χ1v) is 6.31. The van der Waals surface area contributed by atoms with Gasteiger partial charge in [-0.1, -0.05) is 0 Å². The van der Waals surface area contributed by atoms with Gasteiger partial charge in [0, 0.05) is 27.1 Å². The Hall–Kier alpha value is -2.38. The molecule has 1 aliphatic heterocycles. The van der Waals surface area contributed by atoms with E-state index in [-0.39, 0.29) is 24.3 Å². The van der Waals surface area contributed by atoms with Crippen LogP contribution in [0.4, 0.5) is 0 Å². The van der Waals surface area contributed by atoms with Crippen molar-refractivity contribution in [3.8, 4) is 0 Å². The molecule has 0 aromatic carbocycles. The van der Waals surface area contributed by atoms with E-state index < -0.39 is 0 Å². The van der Waals surface area contributed by atoms with E-state index in [1.807, 2.05) is 0 Å². The highest BCUT2D eigenvalue weighted by molar-refractivity contribution is 5.92. The number of carbonyl (C=O) groups is 3. The van der Waals surface area contributed by atoms with Crippen molar-refractivity contribution in [2.75, 3.05) is 20.1 Å². The van der Waals surface area contributed by atoms with Crippen molar-refractivity contribution in [3.05, 3.63) is 17.7 Å². The standard InChI is InChI=1S/C12H17N5O3/c1-8(18)14-6-11(19)16-3-4-17-9(12(20)13-2)5-15-10(17)7-16/h5H,3-4,6-7H2,1-2H3,(H,13,20)(H,14,18). The van der Waals surface area contributed by atoms with Gasteiger partial charge in [-0.25, -0.2) is 4.98 Å². The van der Waals surface area contributed by atoms with Gasteiger partial charge in [0.25, 0.3) is 5.91 Å². The second-order valence-corrected chi connectivity index (χ2v) is 4.52. The van der Waals surface area contributed by atoms with Gasteiger partial charge < -0.3 is 20.1 Å². The van der Waals surface area contributed by atoms with Crippen LogP contribution in [0.3, 0.4) is 0 Å². The Kier molecular flexibility index (Phi) is 4.02. The topological polar surface area (TPSA) is 96.3 Å². The molecule has 8 nitrogen and oxygen atoms in total. The monoisotopic (exact) mass is 279 g/mol. The number of carbonyl (C=O) groups excluding carboxylic acids is 3. The van der Waals surface area contributed by atoms with Crippen LogP contribution >= 0.6 is 0 Å². The third-order valence-electron chi connectivity index (χ3n) is 3.16. The van der Waals surface area contributed by atoms with Gasteiger partial charge in [0.15, 0.2) is 0 Å². The number of hydrogen-bond acceptors (Lipinski definition) is 4. The van der Waals surface area contributed by atoms with Gasteiger partial charge in [-0.2, -0.15) is 0 Å². The van der Waals surface area contributed by atoms with Gasteiger partial charge in [-0.05, 0) is 0 Å². The molecule has 2 rings (SSSR count). The van der Waals surface area contributed by atoms with Crippen LogP contribution in [0.5, 0.6) is 0 Å². The van der Waals surface area contributed by atoms with Crippen LogP contribution in [0.15, 0.2) is 6.20 Å². The molecule has 0 bridgehead atoms. The van der Waals surface area contributed by atoms with Crippen LogP contribution in [-0.4, -0.2) is 52.3 Å². The molecule has 1 aliphatic rings. The number of imidazole rings is 1. The molecule has 0 radical (unpaired) electrons. The molecule has 1 aromatic heterocycles. The molecule has 0 unspecified atom stereocenters. The molecular formula is C12H17N5O3. The number of amides is 3. The average Bonchev–Trinajstić information content (AvgIpc) is 2.86. The van der Waals surface area contributed by atoms with E-state index in [1.54, 1.807) is 16.5 Å². The SMILES string of the molecule is CNC(=O)c1cnc2n1CCN(C(=O)CNC(C)=O)C2. The molecule has 0 aliphatic carbocycles. The molecule has 8 heteroatoms. The van der Waals surface area contributed by atoms with Crippen molar-refractivity contribution in [1.29, 1.82) is 0 Å². The summed E-state index contributed by atoms with van der Waals surface area (Å²) >= 11 is 0. The molecule has 2 N–H and O–H groups in total. The lowest BCUT2D eigenvalue weighted by Crippen LogP contribution is -2.44. The van der Waals surface area contributed by atoms with E-state index in [4.69, 9.17) is 0 Å². The fraction of sp³-hybridized carbons (Fsp3) is 0.500. The van der Waals surface area contributed by atoms with E-state index in [9.17, 15) is 14.4 Å². The first kappa shape index (κ1) is 14.0. The van der Waals surface area contributed by atoms with Crippen molar-refractivity contribution < 1.29 is 14.4 Å². The van der Waals surface area contributed by atoms with Crippen LogP contribution in [0, 0.1) is 0 Å². The summed E-state index contributed by atoms with van der Waals surface area (Å²) in [5.41, 5.74) is 0.497. The number of rotatable bonds is 3. The lowest BCUT2D eigenvalue weighted by Gasteiger charge is -2.28. The summed E-state index contributed by atoms with van der Waals surface area (Å²) in [6, 6.07) is 0. The quantitative estimate of drug-likeness (QED) is 0.720. The number of nitrogens with one attached hydrogen (secondary N) is 2. The minimum absolute atomic E-state index is 0.0155. The molecule has 108 valence electrons. The average molecular weight is 279 g/mol. The predicted molar refractivity (Wildman–Crippen MR) is 69.7 cm³/mol. The van der Waals surface area contributed by atoms with Crippen LogP contribution in [0.25, 0.3) is 0 Å². The summed E-state index contributed by atoms with van der Waals surface area (Å²) in [5.74, 6) is 0.0857. The highest BCUT2D eigenvalue weighted by atomic mass is 16.2. The first-order chi connectivity index (χ1) is 9.52. The normalized spacial score (nSPS) is 13.6. The lowest BCUT2D eigenvalue weighted by molar-refractivity contribution is -0.133. The van der Waals surface area contributed by atoms with Gasteiger partial charge in [-0.15, -0.1) is 0 Å². The minimum atomic E-state index is -0.237. The zero-order valence-corrected chi connectivity index (χ0v) is 11.5. The second kappa shape index (κ2) is 5.72. The van der Waals surface area contributed by atoms with Gasteiger partial charge >= 0.3 is 0 Å². The fourth-order valence-corrected chi connectivity index (χ4v) is 2.09. The Labute approximate surface area is 116 Å². The van der Waals surface area contributed by atoms with Crippen molar-refractivity contribution in [2.24, 2.45) is 0 Å². The number of aromatic nitrogens is 2. The summed E-state index contributed by atoms with van der Waals surface area (Å²) in [4.78, 5) is 40.1. The molecule has 0 spiro atoms. The summed E-state index contributed by atoms with van der Waals surface area (Å²) in [6.45, 7) is 2.70. The molecule has 0 saturated carbocycles. The van der Waals surface area contributed by atoms with Crippen molar-refractivity contribution in [2.45, 2.75) is 20.0 Å². The molecule has 1 aromatic rings. The van der Waals surface area contributed by atoms with Crippen LogP contribution in [-0.2, 0) is 22.7 Å². The number of hydrogen-bond donors (Lipinski definition) is 2. The van der Waals surface area contributed by atoms with E-state index in [2.05, 4.69) is 15.6 Å². The van der Waals surface area contributed by atoms with Gasteiger partial charge in [0.2, 0.25) is 11.8 Å². The highest BCUT2D eigenvalue weighted by Crippen LogP contribution is 2.14. The summed E-state index contributed by atoms with van der Waals surface area (Å²) in [7, 11) is 1.56. The Morgan fingerprint density at radius 3 is 2.75 bits per heavy atom. The molecule has 2 heterocycles. The third kappa shape index (κ3) is 2.79. The molecule has 20 heavy (non-hydrogen) atoms. The Morgan fingerprint density at radius 1 is 1.35 bits per heavy atom.